The number of rotatable bonds is 6. The van der Waals surface area contributed by atoms with Gasteiger partial charge in [0.05, 0.1) is 12.9 Å². The summed E-state index contributed by atoms with van der Waals surface area (Å²) in [5.41, 5.74) is 1.16. The number of hydrogen-bond acceptors (Lipinski definition) is 2. The Morgan fingerprint density at radius 3 is 2.93 bits per heavy atom. The standard InChI is InChI=1S/C12H17NO/c1-11(14-2)7-3-4-8-12-9-5-6-10-13-12/h5-6,9-10H,1,3-4,7-8H2,2H3. The van der Waals surface area contributed by atoms with Gasteiger partial charge in [-0.25, -0.2) is 0 Å². The largest absolute Gasteiger partial charge is 0.502 e. The highest BCUT2D eigenvalue weighted by atomic mass is 16.5. The molecule has 0 radical (unpaired) electrons. The monoisotopic (exact) mass is 191 g/mol. The summed E-state index contributed by atoms with van der Waals surface area (Å²) in [7, 11) is 1.67. The van der Waals surface area contributed by atoms with E-state index in [2.05, 4.69) is 17.6 Å². The Bertz CT molecular complexity index is 269. The van der Waals surface area contributed by atoms with Crippen LogP contribution in [0.2, 0.25) is 0 Å². The van der Waals surface area contributed by atoms with Gasteiger partial charge in [-0.2, -0.15) is 0 Å². The summed E-state index contributed by atoms with van der Waals surface area (Å²) in [6.45, 7) is 3.78. The second-order valence-corrected chi connectivity index (χ2v) is 3.27. The van der Waals surface area contributed by atoms with Crippen LogP contribution in [0.3, 0.4) is 0 Å². The Labute approximate surface area is 85.6 Å². The predicted octanol–water partition coefficient (Wildman–Crippen LogP) is 2.95. The summed E-state index contributed by atoms with van der Waals surface area (Å²) in [6.07, 6.45) is 6.08. The van der Waals surface area contributed by atoms with Crippen LogP contribution in [0.25, 0.3) is 0 Å². The minimum atomic E-state index is 0.867. The molecule has 2 nitrogen and oxygen atoms in total. The average Bonchev–Trinajstić information content (AvgIpc) is 2.25. The number of hydrogen-bond donors (Lipinski definition) is 0. The molecule has 0 atom stereocenters. The highest BCUT2D eigenvalue weighted by molar-refractivity contribution is 5.03. The molecule has 0 fully saturated rings. The van der Waals surface area contributed by atoms with E-state index < -0.39 is 0 Å². The zero-order chi connectivity index (χ0) is 10.2. The molecule has 0 N–H and O–H groups in total. The van der Waals surface area contributed by atoms with Gasteiger partial charge >= 0.3 is 0 Å². The van der Waals surface area contributed by atoms with Crippen molar-refractivity contribution in [2.45, 2.75) is 25.7 Å². The molecule has 0 unspecified atom stereocenters. The minimum absolute atomic E-state index is 0.867. The highest BCUT2D eigenvalue weighted by Crippen LogP contribution is 2.08. The van der Waals surface area contributed by atoms with Crippen molar-refractivity contribution in [1.29, 1.82) is 0 Å². The van der Waals surface area contributed by atoms with E-state index in [1.54, 1.807) is 7.11 Å². The first-order valence-electron chi connectivity index (χ1n) is 4.94. The van der Waals surface area contributed by atoms with Gasteiger partial charge in [0, 0.05) is 18.3 Å². The molecule has 0 bridgehead atoms. The van der Waals surface area contributed by atoms with Crippen molar-refractivity contribution < 1.29 is 4.74 Å². The van der Waals surface area contributed by atoms with Crippen molar-refractivity contribution in [3.63, 3.8) is 0 Å². The van der Waals surface area contributed by atoms with Crippen LogP contribution >= 0.6 is 0 Å². The van der Waals surface area contributed by atoms with Gasteiger partial charge in [-0.3, -0.25) is 4.98 Å². The van der Waals surface area contributed by atoms with Crippen LogP contribution in [0.1, 0.15) is 25.0 Å². The third kappa shape index (κ3) is 4.08. The van der Waals surface area contributed by atoms with Gasteiger partial charge in [-0.1, -0.05) is 12.6 Å². The topological polar surface area (TPSA) is 22.1 Å². The van der Waals surface area contributed by atoms with E-state index >= 15 is 0 Å². The molecule has 0 saturated carbocycles. The summed E-state index contributed by atoms with van der Waals surface area (Å²) >= 11 is 0. The number of aromatic nitrogens is 1. The zero-order valence-corrected chi connectivity index (χ0v) is 8.70. The Balaban J connectivity index is 2.13. The number of methoxy groups -OCH3 is 1. The second-order valence-electron chi connectivity index (χ2n) is 3.27. The van der Waals surface area contributed by atoms with Crippen molar-refractivity contribution in [2.75, 3.05) is 7.11 Å². The summed E-state index contributed by atoms with van der Waals surface area (Å²) in [5, 5.41) is 0. The van der Waals surface area contributed by atoms with Crippen LogP contribution < -0.4 is 0 Å². The van der Waals surface area contributed by atoms with Crippen LogP contribution in [0.4, 0.5) is 0 Å². The normalized spacial score (nSPS) is 9.79. The van der Waals surface area contributed by atoms with Gasteiger partial charge in [0.2, 0.25) is 0 Å². The molecule has 2 heteroatoms. The van der Waals surface area contributed by atoms with Gasteiger partial charge in [-0.05, 0) is 31.4 Å². The second kappa shape index (κ2) is 6.19. The zero-order valence-electron chi connectivity index (χ0n) is 8.70. The lowest BCUT2D eigenvalue weighted by Crippen LogP contribution is -1.90. The van der Waals surface area contributed by atoms with Crippen LogP contribution in [0, 0.1) is 0 Å². The maximum atomic E-state index is 4.99. The maximum absolute atomic E-state index is 4.99. The highest BCUT2D eigenvalue weighted by Gasteiger charge is 1.95. The Hall–Kier alpha value is -1.31. The molecule has 1 aromatic heterocycles. The molecule has 0 aromatic carbocycles. The summed E-state index contributed by atoms with van der Waals surface area (Å²) in [4.78, 5) is 4.26. The number of nitrogens with zero attached hydrogens (tertiary/aromatic N) is 1. The van der Waals surface area contributed by atoms with Crippen LogP contribution in [0.15, 0.2) is 36.7 Å². The van der Waals surface area contributed by atoms with Crippen molar-refractivity contribution in [3.8, 4) is 0 Å². The fraction of sp³-hybridized carbons (Fsp3) is 0.417. The molecular formula is C12H17NO. The third-order valence-electron chi connectivity index (χ3n) is 2.15. The van der Waals surface area contributed by atoms with Gasteiger partial charge in [-0.15, -0.1) is 0 Å². The average molecular weight is 191 g/mol. The predicted molar refractivity (Wildman–Crippen MR) is 57.9 cm³/mol. The van der Waals surface area contributed by atoms with Crippen molar-refractivity contribution in [3.05, 3.63) is 42.4 Å². The van der Waals surface area contributed by atoms with E-state index in [1.165, 1.54) is 0 Å². The Kier molecular flexibility index (Phi) is 4.76. The van der Waals surface area contributed by atoms with E-state index in [-0.39, 0.29) is 0 Å². The fourth-order valence-electron chi connectivity index (χ4n) is 1.28. The maximum Gasteiger partial charge on any atom is 0.0883 e. The SMILES string of the molecule is C=C(CCCCc1ccccn1)OC. The van der Waals surface area contributed by atoms with Gasteiger partial charge in [0.25, 0.3) is 0 Å². The number of allylic oxidation sites excluding steroid dienone is 1. The molecule has 0 spiro atoms. The molecule has 76 valence electrons. The van der Waals surface area contributed by atoms with Crippen molar-refractivity contribution in [1.82, 2.24) is 4.98 Å². The Morgan fingerprint density at radius 1 is 1.43 bits per heavy atom. The van der Waals surface area contributed by atoms with Crippen molar-refractivity contribution >= 4 is 0 Å². The quantitative estimate of drug-likeness (QED) is 0.509. The smallest absolute Gasteiger partial charge is 0.0883 e. The first-order chi connectivity index (χ1) is 6.83. The molecule has 0 amide bonds. The summed E-state index contributed by atoms with van der Waals surface area (Å²) in [6, 6.07) is 6.03. The first-order valence-corrected chi connectivity index (χ1v) is 4.94. The lowest BCUT2D eigenvalue weighted by Gasteiger charge is -2.03. The molecule has 1 rings (SSSR count). The number of aryl methyl sites for hydroxylation is 1. The molecule has 0 aliphatic rings. The minimum Gasteiger partial charge on any atom is -0.502 e. The molecule has 0 aliphatic carbocycles. The number of pyridine rings is 1. The lowest BCUT2D eigenvalue weighted by atomic mass is 10.1. The molecule has 14 heavy (non-hydrogen) atoms. The third-order valence-corrected chi connectivity index (χ3v) is 2.15. The number of ether oxygens (including phenoxy) is 1. The van der Waals surface area contributed by atoms with E-state index in [0.717, 1.165) is 37.1 Å². The first kappa shape index (κ1) is 10.8. The summed E-state index contributed by atoms with van der Waals surface area (Å²) < 4.78 is 4.99. The molecule has 0 saturated heterocycles. The van der Waals surface area contributed by atoms with Gasteiger partial charge in [0.1, 0.15) is 0 Å². The number of unbranched alkanes of at least 4 members (excludes halogenated alkanes) is 1. The van der Waals surface area contributed by atoms with E-state index in [9.17, 15) is 0 Å². The van der Waals surface area contributed by atoms with Crippen molar-refractivity contribution in [2.24, 2.45) is 0 Å². The van der Waals surface area contributed by atoms with Gasteiger partial charge in [0.15, 0.2) is 0 Å². The van der Waals surface area contributed by atoms with E-state index in [4.69, 9.17) is 4.74 Å². The summed E-state index contributed by atoms with van der Waals surface area (Å²) in [5.74, 6) is 0.867. The van der Waals surface area contributed by atoms with Crippen LogP contribution in [0.5, 0.6) is 0 Å². The fourth-order valence-corrected chi connectivity index (χ4v) is 1.28. The van der Waals surface area contributed by atoms with Gasteiger partial charge < -0.3 is 4.74 Å². The van der Waals surface area contributed by atoms with E-state index in [0.29, 0.717) is 0 Å². The van der Waals surface area contributed by atoms with Crippen LogP contribution in [-0.4, -0.2) is 12.1 Å². The Morgan fingerprint density at radius 2 is 2.29 bits per heavy atom. The molecular weight excluding hydrogens is 174 g/mol. The molecule has 1 heterocycles. The lowest BCUT2D eigenvalue weighted by molar-refractivity contribution is 0.276. The van der Waals surface area contributed by atoms with Crippen LogP contribution in [-0.2, 0) is 11.2 Å². The molecule has 1 aromatic rings. The van der Waals surface area contributed by atoms with E-state index in [1.807, 2.05) is 18.3 Å². The molecule has 0 aliphatic heterocycles.